The van der Waals surface area contributed by atoms with Crippen LogP contribution in [-0.4, -0.2) is 4.99 Å². The Balaban J connectivity index is 2.28. The van der Waals surface area contributed by atoms with E-state index in [1.165, 1.54) is 30.3 Å². The molecule has 3 N–H and O–H groups in total. The first-order valence-electron chi connectivity index (χ1n) is 5.29. The fraction of sp³-hybridized carbons (Fsp3) is 0. The zero-order chi connectivity index (χ0) is 14.0. The van der Waals surface area contributed by atoms with Crippen molar-refractivity contribution in [1.82, 2.24) is 0 Å². The normalized spacial score (nSPS) is 10.3. The van der Waals surface area contributed by atoms with Gasteiger partial charge in [0.25, 0.3) is 0 Å². The van der Waals surface area contributed by atoms with E-state index in [0.717, 1.165) is 0 Å². The van der Waals surface area contributed by atoms with Gasteiger partial charge in [0, 0.05) is 11.3 Å². The van der Waals surface area contributed by atoms with Crippen LogP contribution in [-0.2, 0) is 0 Å². The van der Waals surface area contributed by atoms with E-state index in [1.807, 2.05) is 0 Å². The van der Waals surface area contributed by atoms with Crippen molar-refractivity contribution in [3.8, 4) is 0 Å². The van der Waals surface area contributed by atoms with Crippen LogP contribution < -0.4 is 11.1 Å². The summed E-state index contributed by atoms with van der Waals surface area (Å²) in [5.41, 5.74) is 6.55. The fourth-order valence-corrected chi connectivity index (χ4v) is 1.81. The van der Waals surface area contributed by atoms with Crippen LogP contribution in [0.5, 0.6) is 0 Å². The van der Waals surface area contributed by atoms with Gasteiger partial charge in [-0.25, -0.2) is 8.78 Å². The number of nitrogens with two attached hydrogens (primary N) is 1. The smallest absolute Gasteiger partial charge is 0.147 e. The summed E-state index contributed by atoms with van der Waals surface area (Å²) in [7, 11) is 0. The average Bonchev–Trinajstić information content (AvgIpc) is 2.36. The molecule has 0 radical (unpaired) electrons. The second-order valence-electron chi connectivity index (χ2n) is 3.81. The minimum atomic E-state index is -0.531. The third-order valence-electron chi connectivity index (χ3n) is 2.45. The van der Waals surface area contributed by atoms with Gasteiger partial charge < -0.3 is 11.1 Å². The number of rotatable bonds is 3. The van der Waals surface area contributed by atoms with Crippen LogP contribution in [0.3, 0.4) is 0 Å². The van der Waals surface area contributed by atoms with Gasteiger partial charge in [-0.2, -0.15) is 0 Å². The molecule has 0 bridgehead atoms. The highest BCUT2D eigenvalue weighted by atomic mass is 35.5. The van der Waals surface area contributed by atoms with Crippen LogP contribution in [0.4, 0.5) is 20.2 Å². The molecule has 2 aromatic rings. The van der Waals surface area contributed by atoms with E-state index >= 15 is 0 Å². The van der Waals surface area contributed by atoms with Gasteiger partial charge in [-0.3, -0.25) is 0 Å². The Labute approximate surface area is 119 Å². The Hall–Kier alpha value is -1.72. The largest absolute Gasteiger partial charge is 0.389 e. The maximum Gasteiger partial charge on any atom is 0.147 e. The summed E-state index contributed by atoms with van der Waals surface area (Å²) in [4.78, 5) is 0.121. The van der Waals surface area contributed by atoms with Gasteiger partial charge >= 0.3 is 0 Å². The molecule has 0 aliphatic heterocycles. The van der Waals surface area contributed by atoms with Crippen molar-refractivity contribution >= 4 is 40.2 Å². The molecule has 2 nitrogen and oxygen atoms in total. The highest BCUT2D eigenvalue weighted by Gasteiger charge is 2.07. The molecule has 0 aliphatic carbocycles. The highest BCUT2D eigenvalue weighted by Crippen LogP contribution is 2.24. The zero-order valence-corrected chi connectivity index (χ0v) is 11.2. The van der Waals surface area contributed by atoms with Gasteiger partial charge in [0.15, 0.2) is 0 Å². The topological polar surface area (TPSA) is 38.0 Å². The number of halogens is 3. The molecule has 6 heteroatoms. The van der Waals surface area contributed by atoms with Gasteiger partial charge in [0.05, 0.1) is 10.7 Å². The van der Waals surface area contributed by atoms with Gasteiger partial charge in [-0.05, 0) is 36.4 Å². The Kier molecular flexibility index (Phi) is 3.97. The monoisotopic (exact) mass is 298 g/mol. The lowest BCUT2D eigenvalue weighted by molar-refractivity contribution is 0.628. The van der Waals surface area contributed by atoms with Crippen molar-refractivity contribution in [2.24, 2.45) is 5.73 Å². The second kappa shape index (κ2) is 5.50. The second-order valence-corrected chi connectivity index (χ2v) is 4.66. The molecule has 0 aliphatic rings. The molecule has 19 heavy (non-hydrogen) atoms. The molecule has 2 aromatic carbocycles. The average molecular weight is 299 g/mol. The van der Waals surface area contributed by atoms with E-state index in [4.69, 9.17) is 29.6 Å². The first kappa shape index (κ1) is 13.7. The molecule has 0 heterocycles. The van der Waals surface area contributed by atoms with Crippen molar-refractivity contribution in [2.75, 3.05) is 5.32 Å². The van der Waals surface area contributed by atoms with Crippen LogP contribution in [0.2, 0.25) is 5.02 Å². The number of benzene rings is 2. The molecule has 0 saturated heterocycles. The van der Waals surface area contributed by atoms with Gasteiger partial charge in [-0.1, -0.05) is 23.8 Å². The fourth-order valence-electron chi connectivity index (χ4n) is 1.50. The number of anilines is 2. The molecule has 0 saturated carbocycles. The summed E-state index contributed by atoms with van der Waals surface area (Å²) in [5.74, 6) is -1.04. The molecular formula is C13H9ClF2N2S. The van der Waals surface area contributed by atoms with Gasteiger partial charge in [0.1, 0.15) is 16.6 Å². The van der Waals surface area contributed by atoms with E-state index in [1.54, 1.807) is 6.07 Å². The van der Waals surface area contributed by atoms with Crippen LogP contribution in [0.25, 0.3) is 0 Å². The van der Waals surface area contributed by atoms with Crippen molar-refractivity contribution in [3.05, 3.63) is 58.6 Å². The molecular weight excluding hydrogens is 290 g/mol. The minimum Gasteiger partial charge on any atom is -0.389 e. The lowest BCUT2D eigenvalue weighted by Crippen LogP contribution is -2.09. The minimum absolute atomic E-state index is 0.0369. The summed E-state index contributed by atoms with van der Waals surface area (Å²) in [6.07, 6.45) is 0. The van der Waals surface area contributed by atoms with Crippen LogP contribution in [0, 0.1) is 11.6 Å². The summed E-state index contributed by atoms with van der Waals surface area (Å²) in [6, 6.07) is 8.36. The lowest BCUT2D eigenvalue weighted by Gasteiger charge is -2.09. The molecule has 0 aromatic heterocycles. The van der Waals surface area contributed by atoms with Crippen molar-refractivity contribution in [2.45, 2.75) is 0 Å². The highest BCUT2D eigenvalue weighted by molar-refractivity contribution is 7.80. The molecule has 2 rings (SSSR count). The summed E-state index contributed by atoms with van der Waals surface area (Å²) < 4.78 is 26.8. The maximum atomic E-state index is 13.8. The van der Waals surface area contributed by atoms with Crippen LogP contribution in [0.1, 0.15) is 5.56 Å². The van der Waals surface area contributed by atoms with Crippen molar-refractivity contribution < 1.29 is 8.78 Å². The third-order valence-corrected chi connectivity index (χ3v) is 2.98. The SMILES string of the molecule is NC(=S)c1ccc(Nc2ccc(F)c(Cl)c2)c(F)c1. The van der Waals surface area contributed by atoms with E-state index in [2.05, 4.69) is 5.32 Å². The lowest BCUT2D eigenvalue weighted by atomic mass is 10.2. The van der Waals surface area contributed by atoms with Crippen LogP contribution in [0.15, 0.2) is 36.4 Å². The molecule has 0 spiro atoms. The van der Waals surface area contributed by atoms with Gasteiger partial charge in [-0.15, -0.1) is 0 Å². The first-order chi connectivity index (χ1) is 8.97. The molecule has 98 valence electrons. The molecule has 0 amide bonds. The molecule has 0 unspecified atom stereocenters. The van der Waals surface area contributed by atoms with E-state index in [0.29, 0.717) is 11.3 Å². The Morgan fingerprint density at radius 2 is 1.84 bits per heavy atom. The van der Waals surface area contributed by atoms with Crippen molar-refractivity contribution in [1.29, 1.82) is 0 Å². The predicted molar refractivity (Wildman–Crippen MR) is 77.0 cm³/mol. The number of hydrogen-bond donors (Lipinski definition) is 2. The van der Waals surface area contributed by atoms with E-state index in [-0.39, 0.29) is 15.7 Å². The maximum absolute atomic E-state index is 13.8. The Bertz CT molecular complexity index is 647. The molecule has 0 fully saturated rings. The summed E-state index contributed by atoms with van der Waals surface area (Å²) in [6.45, 7) is 0. The number of thiocarbonyl (C=S) groups is 1. The van der Waals surface area contributed by atoms with Crippen molar-refractivity contribution in [3.63, 3.8) is 0 Å². The molecule has 0 atom stereocenters. The standard InChI is InChI=1S/C13H9ClF2N2S/c14-9-6-8(2-3-10(9)15)18-12-4-1-7(13(17)19)5-11(12)16/h1-6,18H,(H2,17,19). The predicted octanol–water partition coefficient (Wildman–Crippen LogP) is 4.00. The first-order valence-corrected chi connectivity index (χ1v) is 6.07. The van der Waals surface area contributed by atoms with Gasteiger partial charge in [0.2, 0.25) is 0 Å². The summed E-state index contributed by atoms with van der Waals surface area (Å²) >= 11 is 10.4. The van der Waals surface area contributed by atoms with Crippen LogP contribution >= 0.6 is 23.8 Å². The Morgan fingerprint density at radius 1 is 1.11 bits per heavy atom. The van der Waals surface area contributed by atoms with E-state index < -0.39 is 11.6 Å². The van der Waals surface area contributed by atoms with E-state index in [9.17, 15) is 8.78 Å². The number of nitrogens with one attached hydrogen (secondary N) is 1. The third kappa shape index (κ3) is 3.19. The Morgan fingerprint density at radius 3 is 2.42 bits per heavy atom. The number of hydrogen-bond acceptors (Lipinski definition) is 2. The quantitative estimate of drug-likeness (QED) is 0.841. The zero-order valence-electron chi connectivity index (χ0n) is 9.58. The summed E-state index contributed by atoms with van der Waals surface area (Å²) in [5, 5.41) is 2.76.